The Balaban J connectivity index is 1.77. The van der Waals surface area contributed by atoms with Gasteiger partial charge in [-0.2, -0.15) is 0 Å². The molecule has 0 bridgehead atoms. The molecule has 2 N–H and O–H groups in total. The van der Waals surface area contributed by atoms with Crippen molar-refractivity contribution in [2.24, 2.45) is 0 Å². The fraction of sp³-hybridized carbons (Fsp3) is 0.409. The smallest absolute Gasteiger partial charge is 0.219 e. The van der Waals surface area contributed by atoms with Crippen molar-refractivity contribution in [3.05, 3.63) is 59.9 Å². The molecule has 2 aromatic carbocycles. The van der Waals surface area contributed by atoms with Crippen LogP contribution >= 0.6 is 0 Å². The molecule has 1 aliphatic rings. The van der Waals surface area contributed by atoms with Crippen molar-refractivity contribution in [3.63, 3.8) is 0 Å². The molecule has 144 valence electrons. The van der Waals surface area contributed by atoms with Gasteiger partial charge in [-0.25, -0.2) is 4.39 Å². The Morgan fingerprint density at radius 2 is 1.63 bits per heavy atom. The second kappa shape index (κ2) is 8.19. The normalized spacial score (nSPS) is 21.8. The maximum absolute atomic E-state index is 13.1. The van der Waals surface area contributed by atoms with Gasteiger partial charge < -0.3 is 15.3 Å². The van der Waals surface area contributed by atoms with Crippen molar-refractivity contribution >= 4 is 5.91 Å². The molecule has 5 heteroatoms. The minimum atomic E-state index is -0.246. The Morgan fingerprint density at radius 3 is 2.11 bits per heavy atom. The lowest BCUT2D eigenvalue weighted by Crippen LogP contribution is -2.65. The van der Waals surface area contributed by atoms with Crippen molar-refractivity contribution in [1.29, 1.82) is 0 Å². The summed E-state index contributed by atoms with van der Waals surface area (Å²) in [5.74, 6) is -0.0350. The monoisotopic (exact) mass is 370 g/mol. The first kappa shape index (κ1) is 19.5. The van der Waals surface area contributed by atoms with Crippen LogP contribution in [0.1, 0.15) is 32.3 Å². The molecule has 1 fully saturated rings. The molecule has 1 heterocycles. The average molecular weight is 370 g/mol. The topological polar surface area (TPSA) is 52.6 Å². The van der Waals surface area contributed by atoms with Gasteiger partial charge in [0.2, 0.25) is 5.91 Å². The first-order valence-corrected chi connectivity index (χ1v) is 9.40. The molecule has 1 amide bonds. The van der Waals surface area contributed by atoms with Gasteiger partial charge in [0.1, 0.15) is 5.82 Å². The van der Waals surface area contributed by atoms with Crippen molar-refractivity contribution in [1.82, 2.24) is 10.2 Å². The number of halogens is 1. The second-order valence-electron chi connectivity index (χ2n) is 7.48. The summed E-state index contributed by atoms with van der Waals surface area (Å²) in [4.78, 5) is 13.8. The maximum atomic E-state index is 13.1. The third kappa shape index (κ3) is 4.20. The molecule has 27 heavy (non-hydrogen) atoms. The Labute approximate surface area is 160 Å². The van der Waals surface area contributed by atoms with Crippen LogP contribution in [0, 0.1) is 5.82 Å². The molecule has 3 atom stereocenters. The van der Waals surface area contributed by atoms with E-state index in [0.717, 1.165) is 16.7 Å². The summed E-state index contributed by atoms with van der Waals surface area (Å²) in [6, 6.07) is 14.9. The second-order valence-corrected chi connectivity index (χ2v) is 7.48. The predicted molar refractivity (Wildman–Crippen MR) is 105 cm³/mol. The third-order valence-electron chi connectivity index (χ3n) is 5.39. The molecule has 0 unspecified atom stereocenters. The van der Waals surface area contributed by atoms with Gasteiger partial charge in [-0.15, -0.1) is 0 Å². The lowest BCUT2D eigenvalue weighted by molar-refractivity contribution is -0.131. The largest absolute Gasteiger partial charge is 0.395 e. The van der Waals surface area contributed by atoms with Gasteiger partial charge in [-0.05, 0) is 42.7 Å². The van der Waals surface area contributed by atoms with Crippen molar-refractivity contribution in [3.8, 4) is 11.1 Å². The van der Waals surface area contributed by atoms with Gasteiger partial charge in [0.25, 0.3) is 0 Å². The lowest BCUT2D eigenvalue weighted by Gasteiger charge is -2.48. The van der Waals surface area contributed by atoms with E-state index in [-0.39, 0.29) is 42.4 Å². The first-order valence-electron chi connectivity index (χ1n) is 9.40. The number of carbonyl (C=O) groups is 1. The van der Waals surface area contributed by atoms with Gasteiger partial charge in [-0.3, -0.25) is 4.79 Å². The van der Waals surface area contributed by atoms with E-state index in [1.807, 2.05) is 30.9 Å². The molecular formula is C22H27FN2O2. The van der Waals surface area contributed by atoms with Crippen LogP contribution in [0.3, 0.4) is 0 Å². The number of hydrogen-bond acceptors (Lipinski definition) is 3. The summed E-state index contributed by atoms with van der Waals surface area (Å²) in [6.07, 6.45) is 0. The fourth-order valence-corrected chi connectivity index (χ4v) is 3.90. The molecule has 1 saturated heterocycles. The van der Waals surface area contributed by atoms with E-state index in [1.54, 1.807) is 19.1 Å². The number of rotatable bonds is 6. The molecule has 0 radical (unpaired) electrons. The van der Waals surface area contributed by atoms with Crippen LogP contribution < -0.4 is 5.32 Å². The van der Waals surface area contributed by atoms with E-state index in [2.05, 4.69) is 17.4 Å². The van der Waals surface area contributed by atoms with E-state index in [9.17, 15) is 14.3 Å². The van der Waals surface area contributed by atoms with Crippen molar-refractivity contribution in [2.45, 2.75) is 44.8 Å². The number of hydrogen-bond donors (Lipinski definition) is 2. The first-order chi connectivity index (χ1) is 12.9. The number of carbonyl (C=O) groups excluding carboxylic acids is 1. The minimum absolute atomic E-state index is 0.00681. The van der Waals surface area contributed by atoms with E-state index in [0.29, 0.717) is 6.54 Å². The number of nitrogens with zero attached hydrogens (tertiary/aromatic N) is 1. The summed E-state index contributed by atoms with van der Waals surface area (Å²) in [6.45, 7) is 6.29. The highest BCUT2D eigenvalue weighted by molar-refractivity contribution is 5.73. The number of aliphatic hydroxyl groups excluding tert-OH is 1. The zero-order valence-corrected chi connectivity index (χ0v) is 16.0. The van der Waals surface area contributed by atoms with Gasteiger partial charge in [0, 0.05) is 37.5 Å². The molecule has 0 aromatic heterocycles. The quantitative estimate of drug-likeness (QED) is 0.821. The number of aliphatic hydroxyl groups is 1. The Morgan fingerprint density at radius 1 is 1.07 bits per heavy atom. The standard InChI is InChI=1S/C22H27FN2O2/c1-14(2)25(15(3)27)12-20-22(21(13-26)24-20)18-6-4-16(5-7-18)17-8-10-19(23)11-9-17/h4-11,14,20-22,24,26H,12-13H2,1-3H3/t20-,21-,22+/m1/s1. The molecular weight excluding hydrogens is 343 g/mol. The SMILES string of the molecule is CC(=O)N(C[C@H]1N[C@H](CO)[C@H]1c1ccc(-c2ccc(F)cc2)cc1)C(C)C. The molecule has 3 rings (SSSR count). The van der Waals surface area contributed by atoms with E-state index < -0.39 is 0 Å². The number of amides is 1. The highest BCUT2D eigenvalue weighted by atomic mass is 19.1. The summed E-state index contributed by atoms with van der Waals surface area (Å²) in [5.41, 5.74) is 3.12. The zero-order chi connectivity index (χ0) is 19.6. The average Bonchev–Trinajstić information content (AvgIpc) is 2.62. The fourth-order valence-electron chi connectivity index (χ4n) is 3.90. The van der Waals surface area contributed by atoms with E-state index in [4.69, 9.17) is 0 Å². The summed E-state index contributed by atoms with van der Waals surface area (Å²) in [7, 11) is 0. The van der Waals surface area contributed by atoms with Crippen LogP contribution in [0.2, 0.25) is 0 Å². The number of benzene rings is 2. The Kier molecular flexibility index (Phi) is 5.92. The van der Waals surface area contributed by atoms with Gasteiger partial charge in [0.05, 0.1) is 6.61 Å². The highest BCUT2D eigenvalue weighted by Crippen LogP contribution is 2.34. The minimum Gasteiger partial charge on any atom is -0.395 e. The van der Waals surface area contributed by atoms with Crippen LogP contribution in [0.5, 0.6) is 0 Å². The van der Waals surface area contributed by atoms with Crippen molar-refractivity contribution in [2.75, 3.05) is 13.2 Å². The molecule has 0 aliphatic carbocycles. The maximum Gasteiger partial charge on any atom is 0.219 e. The zero-order valence-electron chi connectivity index (χ0n) is 16.0. The molecule has 0 spiro atoms. The van der Waals surface area contributed by atoms with Gasteiger partial charge in [-0.1, -0.05) is 36.4 Å². The van der Waals surface area contributed by atoms with Gasteiger partial charge >= 0.3 is 0 Å². The highest BCUT2D eigenvalue weighted by Gasteiger charge is 2.42. The van der Waals surface area contributed by atoms with Crippen LogP contribution in [-0.2, 0) is 4.79 Å². The molecule has 2 aromatic rings. The Hall–Kier alpha value is -2.24. The summed E-state index contributed by atoms with van der Waals surface area (Å²) < 4.78 is 13.1. The Bertz CT molecular complexity index is 774. The lowest BCUT2D eigenvalue weighted by atomic mass is 9.77. The van der Waals surface area contributed by atoms with Crippen LogP contribution in [0.4, 0.5) is 4.39 Å². The summed E-state index contributed by atoms with van der Waals surface area (Å²) >= 11 is 0. The molecule has 0 saturated carbocycles. The van der Waals surface area contributed by atoms with Crippen LogP contribution in [0.25, 0.3) is 11.1 Å². The summed E-state index contributed by atoms with van der Waals surface area (Å²) in [5, 5.41) is 13.1. The van der Waals surface area contributed by atoms with Gasteiger partial charge in [0.15, 0.2) is 0 Å². The number of nitrogens with one attached hydrogen (secondary N) is 1. The van der Waals surface area contributed by atoms with Crippen LogP contribution in [-0.4, -0.2) is 47.2 Å². The van der Waals surface area contributed by atoms with E-state index >= 15 is 0 Å². The molecule has 1 aliphatic heterocycles. The van der Waals surface area contributed by atoms with E-state index in [1.165, 1.54) is 12.1 Å². The predicted octanol–water partition coefficient (Wildman–Crippen LogP) is 3.17. The van der Waals surface area contributed by atoms with Crippen LogP contribution in [0.15, 0.2) is 48.5 Å². The third-order valence-corrected chi connectivity index (χ3v) is 5.39. The molecule has 4 nitrogen and oxygen atoms in total. The van der Waals surface area contributed by atoms with Crippen molar-refractivity contribution < 1.29 is 14.3 Å².